The molecule has 0 amide bonds. The van der Waals surface area contributed by atoms with Crippen molar-refractivity contribution < 1.29 is 23.8 Å². The molecule has 1 N–H and O–H groups in total. The number of halogens is 1. The zero-order chi connectivity index (χ0) is 16.4. The number of fused-ring (bicyclic) bond motifs is 1. The fourth-order valence-electron chi connectivity index (χ4n) is 1.86. The van der Waals surface area contributed by atoms with Crippen LogP contribution < -0.4 is 9.47 Å². The van der Waals surface area contributed by atoms with Gasteiger partial charge in [-0.1, -0.05) is 11.6 Å². The zero-order valence-electron chi connectivity index (χ0n) is 12.0. The minimum absolute atomic E-state index is 0.0924. The quantitative estimate of drug-likeness (QED) is 0.756. The topological polar surface area (TPSA) is 81.8 Å². The summed E-state index contributed by atoms with van der Waals surface area (Å²) < 4.78 is 16.2. The number of carboxylic acids is 1. The molecule has 3 rings (SSSR count). The Morgan fingerprint density at radius 1 is 1.22 bits per heavy atom. The van der Waals surface area contributed by atoms with Crippen LogP contribution in [0.3, 0.4) is 0 Å². The predicted octanol–water partition coefficient (Wildman–Crippen LogP) is 4.13. The van der Waals surface area contributed by atoms with Gasteiger partial charge in [0.25, 0.3) is 0 Å². The van der Waals surface area contributed by atoms with Crippen LogP contribution in [0.25, 0.3) is 11.1 Å². The van der Waals surface area contributed by atoms with Crippen LogP contribution >= 0.6 is 11.6 Å². The van der Waals surface area contributed by atoms with Gasteiger partial charge in [0, 0.05) is 11.1 Å². The van der Waals surface area contributed by atoms with Gasteiger partial charge in [0.05, 0.1) is 0 Å². The largest absolute Gasteiger partial charge is 0.479 e. The van der Waals surface area contributed by atoms with Crippen molar-refractivity contribution in [1.82, 2.24) is 4.98 Å². The van der Waals surface area contributed by atoms with Crippen LogP contribution in [-0.4, -0.2) is 22.2 Å². The van der Waals surface area contributed by atoms with Gasteiger partial charge < -0.3 is 19.0 Å². The molecule has 2 aromatic carbocycles. The molecule has 3 aromatic rings. The van der Waals surface area contributed by atoms with Gasteiger partial charge in [-0.25, -0.2) is 4.79 Å². The second kappa shape index (κ2) is 6.18. The predicted molar refractivity (Wildman–Crippen MR) is 83.3 cm³/mol. The average Bonchev–Trinajstić information content (AvgIpc) is 2.90. The minimum Gasteiger partial charge on any atom is -0.479 e. The Kier molecular flexibility index (Phi) is 4.08. The Morgan fingerprint density at radius 3 is 2.61 bits per heavy atom. The Hall–Kier alpha value is -2.73. The third-order valence-electron chi connectivity index (χ3n) is 3.02. The van der Waals surface area contributed by atoms with E-state index in [2.05, 4.69) is 4.98 Å². The molecule has 1 unspecified atom stereocenters. The van der Waals surface area contributed by atoms with Gasteiger partial charge in [0.15, 0.2) is 11.7 Å². The van der Waals surface area contributed by atoms with Gasteiger partial charge in [0.2, 0.25) is 0 Å². The van der Waals surface area contributed by atoms with Crippen molar-refractivity contribution in [2.24, 2.45) is 0 Å². The van der Waals surface area contributed by atoms with Crippen LogP contribution in [0.4, 0.5) is 0 Å². The third-order valence-corrected chi connectivity index (χ3v) is 3.26. The molecule has 0 saturated heterocycles. The molecule has 0 spiro atoms. The molecule has 1 aromatic heterocycles. The smallest absolute Gasteiger partial charge is 0.400 e. The van der Waals surface area contributed by atoms with Crippen molar-refractivity contribution in [3.05, 3.63) is 47.5 Å². The molecule has 0 fully saturated rings. The SMILES string of the molecule is CC(Oc1ccc(Oc2nc3ccc(Cl)cc3o2)cc1)C(=O)O. The monoisotopic (exact) mass is 333 g/mol. The second-order valence-electron chi connectivity index (χ2n) is 4.76. The van der Waals surface area contributed by atoms with E-state index < -0.39 is 12.1 Å². The van der Waals surface area contributed by atoms with Gasteiger partial charge in [-0.2, -0.15) is 4.98 Å². The van der Waals surface area contributed by atoms with Crippen LogP contribution in [0.5, 0.6) is 17.6 Å². The van der Waals surface area contributed by atoms with E-state index in [9.17, 15) is 4.79 Å². The summed E-state index contributed by atoms with van der Waals surface area (Å²) >= 11 is 5.88. The van der Waals surface area contributed by atoms with E-state index in [1.165, 1.54) is 6.92 Å². The van der Waals surface area contributed by atoms with Crippen LogP contribution in [0.15, 0.2) is 46.9 Å². The number of nitrogens with zero attached hydrogens (tertiary/aromatic N) is 1. The van der Waals surface area contributed by atoms with Crippen LogP contribution in [0, 0.1) is 0 Å². The third kappa shape index (κ3) is 3.54. The van der Waals surface area contributed by atoms with Crippen molar-refractivity contribution >= 4 is 28.7 Å². The molecule has 0 bridgehead atoms. The second-order valence-corrected chi connectivity index (χ2v) is 5.20. The summed E-state index contributed by atoms with van der Waals surface area (Å²) in [4.78, 5) is 14.9. The molecule has 7 heteroatoms. The first-order valence-electron chi connectivity index (χ1n) is 6.75. The highest BCUT2D eigenvalue weighted by Gasteiger charge is 2.13. The molecular formula is C16H12ClNO5. The number of hydrogen-bond acceptors (Lipinski definition) is 5. The number of carboxylic acid groups (broad SMARTS) is 1. The Bertz CT molecular complexity index is 843. The highest BCUT2D eigenvalue weighted by Crippen LogP contribution is 2.28. The number of carbonyl (C=O) groups is 1. The van der Waals surface area contributed by atoms with E-state index in [0.29, 0.717) is 27.6 Å². The first-order valence-corrected chi connectivity index (χ1v) is 7.12. The number of ether oxygens (including phenoxy) is 2. The van der Waals surface area contributed by atoms with Gasteiger partial charge in [-0.05, 0) is 43.3 Å². The maximum absolute atomic E-state index is 10.7. The molecule has 0 aliphatic heterocycles. The van der Waals surface area contributed by atoms with E-state index in [0.717, 1.165) is 0 Å². The zero-order valence-corrected chi connectivity index (χ0v) is 12.8. The Balaban J connectivity index is 1.73. The molecule has 23 heavy (non-hydrogen) atoms. The minimum atomic E-state index is -1.03. The van der Waals surface area contributed by atoms with E-state index in [1.54, 1.807) is 42.5 Å². The van der Waals surface area contributed by atoms with Crippen molar-refractivity contribution in [3.63, 3.8) is 0 Å². The maximum Gasteiger partial charge on any atom is 0.400 e. The molecule has 1 heterocycles. The van der Waals surface area contributed by atoms with Gasteiger partial charge >= 0.3 is 12.0 Å². The number of benzene rings is 2. The number of hydrogen-bond donors (Lipinski definition) is 1. The lowest BCUT2D eigenvalue weighted by atomic mass is 10.3. The summed E-state index contributed by atoms with van der Waals surface area (Å²) in [5, 5.41) is 9.35. The van der Waals surface area contributed by atoms with Crippen molar-refractivity contribution in [1.29, 1.82) is 0 Å². The molecule has 0 aliphatic carbocycles. The number of rotatable bonds is 5. The normalized spacial score (nSPS) is 12.1. The lowest BCUT2D eigenvalue weighted by Crippen LogP contribution is -2.22. The van der Waals surface area contributed by atoms with Gasteiger partial charge in [0.1, 0.15) is 17.0 Å². The van der Waals surface area contributed by atoms with E-state index in [4.69, 9.17) is 30.6 Å². The Labute approximate surface area is 136 Å². The van der Waals surface area contributed by atoms with E-state index in [-0.39, 0.29) is 6.08 Å². The summed E-state index contributed by atoms with van der Waals surface area (Å²) in [5.41, 5.74) is 1.17. The summed E-state index contributed by atoms with van der Waals surface area (Å²) in [5.74, 6) is -0.120. The van der Waals surface area contributed by atoms with Crippen molar-refractivity contribution in [2.45, 2.75) is 13.0 Å². The summed E-state index contributed by atoms with van der Waals surface area (Å²) in [6.07, 6.45) is -0.835. The van der Waals surface area contributed by atoms with Gasteiger partial charge in [-0.3, -0.25) is 0 Å². The number of aromatic nitrogens is 1. The highest BCUT2D eigenvalue weighted by atomic mass is 35.5. The lowest BCUT2D eigenvalue weighted by molar-refractivity contribution is -0.144. The summed E-state index contributed by atoms with van der Waals surface area (Å²) in [6, 6.07) is 11.6. The molecular weight excluding hydrogens is 322 g/mol. The first kappa shape index (κ1) is 15.2. The summed E-state index contributed by atoms with van der Waals surface area (Å²) in [7, 11) is 0. The molecule has 118 valence electrons. The number of aliphatic carboxylic acids is 1. The Morgan fingerprint density at radius 2 is 1.91 bits per heavy atom. The molecule has 6 nitrogen and oxygen atoms in total. The molecule has 0 aliphatic rings. The van der Waals surface area contributed by atoms with Crippen LogP contribution in [0.2, 0.25) is 5.02 Å². The van der Waals surface area contributed by atoms with Gasteiger partial charge in [-0.15, -0.1) is 0 Å². The molecule has 1 atom stereocenters. The molecule has 0 radical (unpaired) electrons. The van der Waals surface area contributed by atoms with Crippen LogP contribution in [0.1, 0.15) is 6.92 Å². The summed E-state index contributed by atoms with van der Waals surface area (Å²) in [6.45, 7) is 1.45. The fourth-order valence-corrected chi connectivity index (χ4v) is 2.02. The van der Waals surface area contributed by atoms with Crippen molar-refractivity contribution in [2.75, 3.05) is 0 Å². The maximum atomic E-state index is 10.7. The highest BCUT2D eigenvalue weighted by molar-refractivity contribution is 6.31. The average molecular weight is 334 g/mol. The van der Waals surface area contributed by atoms with E-state index >= 15 is 0 Å². The van der Waals surface area contributed by atoms with E-state index in [1.807, 2.05) is 0 Å². The fraction of sp³-hybridized carbons (Fsp3) is 0.125. The van der Waals surface area contributed by atoms with Crippen molar-refractivity contribution in [3.8, 4) is 17.6 Å². The van der Waals surface area contributed by atoms with Crippen LogP contribution in [-0.2, 0) is 4.79 Å². The lowest BCUT2D eigenvalue weighted by Gasteiger charge is -2.10. The molecule has 0 saturated carbocycles. The standard InChI is InChI=1S/C16H12ClNO5/c1-9(15(19)20)21-11-3-5-12(6-4-11)22-16-18-13-7-2-10(17)8-14(13)23-16/h2-9H,1H3,(H,19,20). The first-order chi connectivity index (χ1) is 11.0. The number of oxazole rings is 1.